The standard InChI is InChI=1S/C12H24N4O2S2/c1-19-9-4-2-3-7-15-20(17,18)12-10-14-16(11-12)8-5-6-13/h10-11,15H,2-9,13H2,1H3. The fourth-order valence-electron chi connectivity index (χ4n) is 1.70. The van der Waals surface area contributed by atoms with Gasteiger partial charge >= 0.3 is 0 Å². The van der Waals surface area contributed by atoms with E-state index in [1.54, 1.807) is 10.9 Å². The molecule has 1 heterocycles. The van der Waals surface area contributed by atoms with Crippen LogP contribution in [-0.2, 0) is 16.6 Å². The summed E-state index contributed by atoms with van der Waals surface area (Å²) in [5, 5.41) is 4.03. The molecule has 0 aliphatic heterocycles. The predicted molar refractivity (Wildman–Crippen MR) is 83.3 cm³/mol. The average molecular weight is 320 g/mol. The van der Waals surface area contributed by atoms with Crippen LogP contribution in [0.15, 0.2) is 17.3 Å². The SMILES string of the molecule is CSCCCCCNS(=O)(=O)c1cnn(CCCN)c1. The molecule has 0 aliphatic carbocycles. The molecule has 0 bridgehead atoms. The highest BCUT2D eigenvalue weighted by atomic mass is 32.2. The zero-order chi connectivity index (χ0) is 14.8. The summed E-state index contributed by atoms with van der Waals surface area (Å²) in [6, 6.07) is 0. The summed E-state index contributed by atoms with van der Waals surface area (Å²) < 4.78 is 28.2. The molecule has 0 amide bonds. The van der Waals surface area contributed by atoms with Gasteiger partial charge in [-0.3, -0.25) is 4.68 Å². The molecule has 8 heteroatoms. The van der Waals surface area contributed by atoms with Gasteiger partial charge in [-0.2, -0.15) is 16.9 Å². The van der Waals surface area contributed by atoms with Crippen LogP contribution in [0.2, 0.25) is 0 Å². The number of sulfonamides is 1. The maximum Gasteiger partial charge on any atom is 0.243 e. The lowest BCUT2D eigenvalue weighted by molar-refractivity contribution is 0.572. The highest BCUT2D eigenvalue weighted by Gasteiger charge is 2.15. The van der Waals surface area contributed by atoms with E-state index in [4.69, 9.17) is 5.73 Å². The highest BCUT2D eigenvalue weighted by molar-refractivity contribution is 7.98. The molecule has 0 saturated carbocycles. The Balaban J connectivity index is 2.38. The van der Waals surface area contributed by atoms with Gasteiger partial charge < -0.3 is 5.73 Å². The molecule has 0 aliphatic rings. The molecule has 20 heavy (non-hydrogen) atoms. The lowest BCUT2D eigenvalue weighted by Crippen LogP contribution is -2.24. The van der Waals surface area contributed by atoms with E-state index >= 15 is 0 Å². The summed E-state index contributed by atoms with van der Waals surface area (Å²) in [5.74, 6) is 1.13. The van der Waals surface area contributed by atoms with Crippen molar-refractivity contribution in [3.63, 3.8) is 0 Å². The fraction of sp³-hybridized carbons (Fsp3) is 0.750. The average Bonchev–Trinajstić information content (AvgIpc) is 2.90. The minimum atomic E-state index is -3.43. The van der Waals surface area contributed by atoms with Crippen LogP contribution in [0.25, 0.3) is 0 Å². The maximum atomic E-state index is 12.0. The summed E-state index contributed by atoms with van der Waals surface area (Å²) >= 11 is 1.81. The topological polar surface area (TPSA) is 90.0 Å². The first kappa shape index (κ1) is 17.5. The molecule has 0 fully saturated rings. The van der Waals surface area contributed by atoms with Crippen molar-refractivity contribution in [2.24, 2.45) is 5.73 Å². The number of unbranched alkanes of at least 4 members (excludes halogenated alkanes) is 2. The molecular formula is C12H24N4O2S2. The van der Waals surface area contributed by atoms with E-state index in [2.05, 4.69) is 16.1 Å². The number of aryl methyl sites for hydroxylation is 1. The Morgan fingerprint density at radius 2 is 2.15 bits per heavy atom. The first-order chi connectivity index (χ1) is 9.60. The van der Waals surface area contributed by atoms with Crippen LogP contribution in [0.1, 0.15) is 25.7 Å². The van der Waals surface area contributed by atoms with E-state index in [1.807, 2.05) is 11.8 Å². The zero-order valence-corrected chi connectivity index (χ0v) is 13.5. The van der Waals surface area contributed by atoms with Crippen molar-refractivity contribution >= 4 is 21.8 Å². The summed E-state index contributed by atoms with van der Waals surface area (Å²) in [7, 11) is -3.43. The Hall–Kier alpha value is -0.570. The highest BCUT2D eigenvalue weighted by Crippen LogP contribution is 2.08. The van der Waals surface area contributed by atoms with Crippen molar-refractivity contribution < 1.29 is 8.42 Å². The van der Waals surface area contributed by atoms with Gasteiger partial charge in [-0.15, -0.1) is 0 Å². The summed E-state index contributed by atoms with van der Waals surface area (Å²) in [6.45, 7) is 1.68. The third-order valence-corrected chi connectivity index (χ3v) is 4.94. The van der Waals surface area contributed by atoms with Gasteiger partial charge in [-0.1, -0.05) is 6.42 Å². The van der Waals surface area contributed by atoms with Crippen molar-refractivity contribution in [1.82, 2.24) is 14.5 Å². The number of hydrogen-bond acceptors (Lipinski definition) is 5. The molecule has 6 nitrogen and oxygen atoms in total. The van der Waals surface area contributed by atoms with Crippen LogP contribution < -0.4 is 10.5 Å². The van der Waals surface area contributed by atoms with Gasteiger partial charge in [-0.05, 0) is 37.8 Å². The quantitative estimate of drug-likeness (QED) is 0.595. The lowest BCUT2D eigenvalue weighted by atomic mass is 10.2. The van der Waals surface area contributed by atoms with Crippen LogP contribution in [0, 0.1) is 0 Å². The Bertz CT molecular complexity index is 474. The summed E-state index contributed by atoms with van der Waals surface area (Å²) in [6.07, 6.45) is 8.81. The normalized spacial score (nSPS) is 11.9. The molecule has 0 spiro atoms. The molecule has 1 aromatic heterocycles. The number of nitrogens with one attached hydrogen (secondary N) is 1. The second kappa shape index (κ2) is 9.38. The number of nitrogens with zero attached hydrogens (tertiary/aromatic N) is 2. The number of nitrogens with two attached hydrogens (primary N) is 1. The molecule has 0 aromatic carbocycles. The van der Waals surface area contributed by atoms with E-state index in [1.165, 1.54) is 6.20 Å². The largest absolute Gasteiger partial charge is 0.330 e. The van der Waals surface area contributed by atoms with Gasteiger partial charge in [0, 0.05) is 19.3 Å². The van der Waals surface area contributed by atoms with Crippen molar-refractivity contribution in [3.05, 3.63) is 12.4 Å². The van der Waals surface area contributed by atoms with Crippen LogP contribution >= 0.6 is 11.8 Å². The Kier molecular flexibility index (Phi) is 8.20. The number of aromatic nitrogens is 2. The minimum absolute atomic E-state index is 0.221. The van der Waals surface area contributed by atoms with Crippen molar-refractivity contribution in [3.8, 4) is 0 Å². The minimum Gasteiger partial charge on any atom is -0.330 e. The van der Waals surface area contributed by atoms with E-state index in [-0.39, 0.29) is 4.90 Å². The maximum absolute atomic E-state index is 12.0. The van der Waals surface area contributed by atoms with Crippen LogP contribution in [0.3, 0.4) is 0 Å². The van der Waals surface area contributed by atoms with Gasteiger partial charge in [0.2, 0.25) is 10.0 Å². The van der Waals surface area contributed by atoms with Gasteiger partial charge in [0.05, 0.1) is 6.20 Å². The van der Waals surface area contributed by atoms with Crippen LogP contribution in [0.4, 0.5) is 0 Å². The van der Waals surface area contributed by atoms with Gasteiger partial charge in [0.1, 0.15) is 4.90 Å². The van der Waals surface area contributed by atoms with Gasteiger partial charge in [0.15, 0.2) is 0 Å². The molecule has 3 N–H and O–H groups in total. The first-order valence-corrected chi connectivity index (χ1v) is 9.69. The summed E-state index contributed by atoms with van der Waals surface area (Å²) in [4.78, 5) is 0.221. The second-order valence-electron chi connectivity index (χ2n) is 4.53. The van der Waals surface area contributed by atoms with Crippen molar-refractivity contribution in [2.45, 2.75) is 37.1 Å². The zero-order valence-electron chi connectivity index (χ0n) is 11.9. The van der Waals surface area contributed by atoms with E-state index in [0.717, 1.165) is 31.4 Å². The number of hydrogen-bond donors (Lipinski definition) is 2. The molecule has 1 aromatic rings. The smallest absolute Gasteiger partial charge is 0.243 e. The van der Waals surface area contributed by atoms with Crippen molar-refractivity contribution in [1.29, 1.82) is 0 Å². The number of thioether (sulfide) groups is 1. The molecule has 1 rings (SSSR count). The lowest BCUT2D eigenvalue weighted by Gasteiger charge is -2.04. The molecule has 0 unspecified atom stereocenters. The first-order valence-electron chi connectivity index (χ1n) is 6.81. The predicted octanol–water partition coefficient (Wildman–Crippen LogP) is 1.04. The third-order valence-electron chi connectivity index (χ3n) is 2.83. The molecular weight excluding hydrogens is 296 g/mol. The Morgan fingerprint density at radius 3 is 2.85 bits per heavy atom. The monoisotopic (exact) mass is 320 g/mol. The molecule has 0 atom stereocenters. The number of rotatable bonds is 11. The Labute approximate surface area is 125 Å². The molecule has 116 valence electrons. The fourth-order valence-corrected chi connectivity index (χ4v) is 3.22. The van der Waals surface area contributed by atoms with Gasteiger partial charge in [0.25, 0.3) is 0 Å². The van der Waals surface area contributed by atoms with E-state index < -0.39 is 10.0 Å². The van der Waals surface area contributed by atoms with Crippen LogP contribution in [-0.4, -0.2) is 43.3 Å². The van der Waals surface area contributed by atoms with Gasteiger partial charge in [-0.25, -0.2) is 13.1 Å². The molecule has 0 saturated heterocycles. The van der Waals surface area contributed by atoms with Crippen molar-refractivity contribution in [2.75, 3.05) is 25.1 Å². The third kappa shape index (κ3) is 6.25. The van der Waals surface area contributed by atoms with E-state index in [0.29, 0.717) is 19.6 Å². The van der Waals surface area contributed by atoms with E-state index in [9.17, 15) is 8.42 Å². The molecule has 0 radical (unpaired) electrons. The Morgan fingerprint density at radius 1 is 1.35 bits per heavy atom. The van der Waals surface area contributed by atoms with Crippen LogP contribution in [0.5, 0.6) is 0 Å². The second-order valence-corrected chi connectivity index (χ2v) is 7.29. The summed E-state index contributed by atoms with van der Waals surface area (Å²) in [5.41, 5.74) is 5.41.